The maximum absolute atomic E-state index is 11.4. The van der Waals surface area contributed by atoms with Gasteiger partial charge < -0.3 is 0 Å². The first-order chi connectivity index (χ1) is 3.18. The fourth-order valence-corrected chi connectivity index (χ4v) is 0.0837. The molecule has 1 atom stereocenters. The van der Waals surface area contributed by atoms with E-state index in [0.29, 0.717) is 0 Å². The Morgan fingerprint density at radius 1 is 1.71 bits per heavy atom. The molecule has 0 bridgehead atoms. The number of halogens is 3. The summed E-state index contributed by atoms with van der Waals surface area (Å²) in [5.74, 6) is -1.25. The monoisotopic (exact) mass is 110 g/mol. The molecule has 0 radical (unpaired) electrons. The van der Waals surface area contributed by atoms with E-state index in [4.69, 9.17) is 0 Å². The van der Waals surface area contributed by atoms with Gasteiger partial charge in [-0.15, -0.1) is 0 Å². The molecule has 3 heteroatoms. The predicted molar refractivity (Wildman–Crippen MR) is 21.1 cm³/mol. The summed E-state index contributed by atoms with van der Waals surface area (Å²) in [5, 5.41) is 0. The topological polar surface area (TPSA) is 0 Å². The van der Waals surface area contributed by atoms with Crippen molar-refractivity contribution in [3.05, 3.63) is 12.4 Å². The van der Waals surface area contributed by atoms with E-state index in [0.717, 1.165) is 0 Å². The molecule has 0 aromatic heterocycles. The third kappa shape index (κ3) is 2.25. The first kappa shape index (κ1) is 6.53. The first-order valence-corrected chi connectivity index (χ1v) is 1.72. The van der Waals surface area contributed by atoms with Crippen molar-refractivity contribution in [2.45, 2.75) is 6.17 Å². The second kappa shape index (κ2) is 2.66. The Bertz CT molecular complexity index is 69.3. The van der Waals surface area contributed by atoms with Crippen LogP contribution in [0.1, 0.15) is 0 Å². The van der Waals surface area contributed by atoms with Gasteiger partial charge in [0, 0.05) is 0 Å². The van der Waals surface area contributed by atoms with E-state index in [9.17, 15) is 13.2 Å². The van der Waals surface area contributed by atoms with Gasteiger partial charge in [-0.2, -0.15) is 0 Å². The number of alkyl halides is 2. The first-order valence-electron chi connectivity index (χ1n) is 1.72. The van der Waals surface area contributed by atoms with Crippen molar-refractivity contribution in [1.82, 2.24) is 0 Å². The molecule has 0 N–H and O–H groups in total. The van der Waals surface area contributed by atoms with Crippen molar-refractivity contribution >= 4 is 0 Å². The molecule has 0 nitrogen and oxygen atoms in total. The third-order valence-corrected chi connectivity index (χ3v) is 0.475. The lowest BCUT2D eigenvalue weighted by atomic mass is 10.4. The average Bonchev–Trinajstić information content (AvgIpc) is 1.65. The van der Waals surface area contributed by atoms with E-state index in [1.807, 2.05) is 0 Å². The Morgan fingerprint density at radius 2 is 2.14 bits per heavy atom. The highest BCUT2D eigenvalue weighted by molar-refractivity contribution is 4.89. The Morgan fingerprint density at radius 3 is 2.14 bits per heavy atom. The van der Waals surface area contributed by atoms with Gasteiger partial charge >= 0.3 is 0 Å². The second-order valence-electron chi connectivity index (χ2n) is 1.07. The molecule has 7 heavy (non-hydrogen) atoms. The molecule has 1 unspecified atom stereocenters. The molecule has 0 aromatic rings. The van der Waals surface area contributed by atoms with Crippen LogP contribution in [0.4, 0.5) is 13.2 Å². The number of hydrogen-bond acceptors (Lipinski definition) is 0. The summed E-state index contributed by atoms with van der Waals surface area (Å²) in [6, 6.07) is 0. The third-order valence-electron chi connectivity index (χ3n) is 0.475. The van der Waals surface area contributed by atoms with Gasteiger partial charge in [0.2, 0.25) is 0 Å². The Kier molecular flexibility index (Phi) is 2.48. The van der Waals surface area contributed by atoms with Crippen LogP contribution >= 0.6 is 0 Å². The number of rotatable bonds is 2. The second-order valence-corrected chi connectivity index (χ2v) is 1.07. The maximum Gasteiger partial charge on any atom is 0.179 e. The van der Waals surface area contributed by atoms with Crippen LogP contribution in [0.3, 0.4) is 0 Å². The van der Waals surface area contributed by atoms with Crippen LogP contribution < -0.4 is 0 Å². The molecule has 0 aliphatic carbocycles. The van der Waals surface area contributed by atoms with E-state index >= 15 is 0 Å². The normalized spacial score (nSPS) is 13.6. The molecule has 0 fully saturated rings. The minimum atomic E-state index is -2.13. The molecule has 0 aliphatic heterocycles. The lowest BCUT2D eigenvalue weighted by Gasteiger charge is -1.93. The van der Waals surface area contributed by atoms with Gasteiger partial charge in [-0.25, -0.2) is 13.2 Å². The van der Waals surface area contributed by atoms with Gasteiger partial charge in [0.1, 0.15) is 12.5 Å². The van der Waals surface area contributed by atoms with E-state index in [2.05, 4.69) is 6.58 Å². The molecule has 0 rings (SSSR count). The van der Waals surface area contributed by atoms with E-state index < -0.39 is 18.7 Å². The standard InChI is InChI=1S/C4H5F3/c1-3(6)4(7)2-5/h4H,1-2H2. The van der Waals surface area contributed by atoms with Gasteiger partial charge in [-0.3, -0.25) is 0 Å². The van der Waals surface area contributed by atoms with E-state index in [1.165, 1.54) is 0 Å². The molecular weight excluding hydrogens is 105 g/mol. The zero-order valence-electron chi connectivity index (χ0n) is 3.63. The van der Waals surface area contributed by atoms with Crippen LogP contribution in [0, 0.1) is 0 Å². The van der Waals surface area contributed by atoms with Crippen molar-refractivity contribution in [1.29, 1.82) is 0 Å². The number of allylic oxidation sites excluding steroid dienone is 1. The van der Waals surface area contributed by atoms with Gasteiger partial charge in [0.15, 0.2) is 6.17 Å². The molecular formula is C4H5F3. The fourth-order valence-electron chi connectivity index (χ4n) is 0.0837. The molecule has 0 aliphatic rings. The van der Waals surface area contributed by atoms with Crippen molar-refractivity contribution in [3.63, 3.8) is 0 Å². The smallest absolute Gasteiger partial charge is 0.179 e. The molecule has 0 aromatic carbocycles. The van der Waals surface area contributed by atoms with Crippen LogP contribution in [0.5, 0.6) is 0 Å². The minimum Gasteiger partial charge on any atom is -0.247 e. The Balaban J connectivity index is 3.34. The Labute approximate surface area is 39.6 Å². The SMILES string of the molecule is C=C(F)C(F)CF. The molecule has 0 amide bonds. The average molecular weight is 110 g/mol. The van der Waals surface area contributed by atoms with Gasteiger partial charge in [-0.1, -0.05) is 6.58 Å². The number of hydrogen-bond donors (Lipinski definition) is 0. The molecule has 0 saturated carbocycles. The Hall–Kier alpha value is -0.470. The van der Waals surface area contributed by atoms with Crippen LogP contribution in [0.2, 0.25) is 0 Å². The van der Waals surface area contributed by atoms with Gasteiger partial charge in [0.05, 0.1) is 0 Å². The van der Waals surface area contributed by atoms with Gasteiger partial charge in [0.25, 0.3) is 0 Å². The van der Waals surface area contributed by atoms with Crippen LogP contribution in [0.15, 0.2) is 12.4 Å². The highest BCUT2D eigenvalue weighted by atomic mass is 19.2. The van der Waals surface area contributed by atoms with Crippen molar-refractivity contribution in [2.24, 2.45) is 0 Å². The lowest BCUT2D eigenvalue weighted by molar-refractivity contribution is 0.263. The largest absolute Gasteiger partial charge is 0.247 e. The molecule has 0 saturated heterocycles. The molecule has 42 valence electrons. The van der Waals surface area contributed by atoms with Crippen molar-refractivity contribution < 1.29 is 13.2 Å². The zero-order chi connectivity index (χ0) is 5.86. The highest BCUT2D eigenvalue weighted by Gasteiger charge is 2.07. The maximum atomic E-state index is 11.4. The summed E-state index contributed by atoms with van der Waals surface area (Å²) in [5.41, 5.74) is 0. The lowest BCUT2D eigenvalue weighted by Crippen LogP contribution is -2.00. The van der Waals surface area contributed by atoms with Crippen molar-refractivity contribution in [2.75, 3.05) is 6.67 Å². The molecule has 0 heterocycles. The van der Waals surface area contributed by atoms with E-state index in [1.54, 1.807) is 0 Å². The van der Waals surface area contributed by atoms with Crippen LogP contribution in [-0.4, -0.2) is 12.8 Å². The minimum absolute atomic E-state index is 1.25. The van der Waals surface area contributed by atoms with Crippen molar-refractivity contribution in [3.8, 4) is 0 Å². The summed E-state index contributed by atoms with van der Waals surface area (Å²) < 4.78 is 33.7. The van der Waals surface area contributed by atoms with Gasteiger partial charge in [-0.05, 0) is 0 Å². The molecule has 0 spiro atoms. The van der Waals surface area contributed by atoms with Crippen LogP contribution in [-0.2, 0) is 0 Å². The quantitative estimate of drug-likeness (QED) is 0.508. The zero-order valence-corrected chi connectivity index (χ0v) is 3.63. The summed E-state index contributed by atoms with van der Waals surface area (Å²) in [4.78, 5) is 0. The fraction of sp³-hybridized carbons (Fsp3) is 0.500. The summed E-state index contributed by atoms with van der Waals surface area (Å²) in [6.07, 6.45) is -2.13. The predicted octanol–water partition coefficient (Wildman–Crippen LogP) is 1.78. The highest BCUT2D eigenvalue weighted by Crippen LogP contribution is 2.04. The summed E-state index contributed by atoms with van der Waals surface area (Å²) >= 11 is 0. The summed E-state index contributed by atoms with van der Waals surface area (Å²) in [6.45, 7) is 1.22. The van der Waals surface area contributed by atoms with Crippen LogP contribution in [0.25, 0.3) is 0 Å². The summed E-state index contributed by atoms with van der Waals surface area (Å²) in [7, 11) is 0. The van der Waals surface area contributed by atoms with E-state index in [-0.39, 0.29) is 0 Å².